The van der Waals surface area contributed by atoms with E-state index in [9.17, 15) is 9.59 Å². The zero-order chi connectivity index (χ0) is 13.8. The monoisotopic (exact) mass is 247 g/mol. The normalized spacial score (nSPS) is 11.4. The highest BCUT2D eigenvalue weighted by molar-refractivity contribution is 5.91. The fourth-order valence-corrected chi connectivity index (χ4v) is 1.58. The molecule has 0 saturated carbocycles. The quantitative estimate of drug-likeness (QED) is 0.868. The summed E-state index contributed by atoms with van der Waals surface area (Å²) in [6.45, 7) is 7.48. The molecule has 1 aromatic rings. The summed E-state index contributed by atoms with van der Waals surface area (Å²) in [4.78, 5) is 23.6. The van der Waals surface area contributed by atoms with Gasteiger partial charge in [0.15, 0.2) is 5.78 Å². The Labute approximate surface area is 109 Å². The third-order valence-corrected chi connectivity index (χ3v) is 3.13. The van der Waals surface area contributed by atoms with Gasteiger partial charge < -0.3 is 5.32 Å². The van der Waals surface area contributed by atoms with Crippen molar-refractivity contribution in [2.45, 2.75) is 33.1 Å². The van der Waals surface area contributed by atoms with Crippen LogP contribution in [-0.4, -0.2) is 18.2 Å². The minimum atomic E-state index is -0.626. The average Bonchev–Trinajstić information content (AvgIpc) is 2.36. The molecule has 0 aliphatic rings. The molecular formula is C15H21NO2. The van der Waals surface area contributed by atoms with Crippen LogP contribution in [0.1, 0.15) is 33.3 Å². The van der Waals surface area contributed by atoms with Gasteiger partial charge in [-0.15, -0.1) is 0 Å². The maximum absolute atomic E-state index is 12.1. The summed E-state index contributed by atoms with van der Waals surface area (Å²) in [5.74, 6) is -0.125. The molecule has 3 heteroatoms. The van der Waals surface area contributed by atoms with E-state index in [0.717, 1.165) is 5.56 Å². The summed E-state index contributed by atoms with van der Waals surface area (Å²) in [5.41, 5.74) is 0.318. The van der Waals surface area contributed by atoms with Gasteiger partial charge in [-0.2, -0.15) is 0 Å². The number of carbonyl (C=O) groups excluding carboxylic acids is 2. The molecule has 0 saturated heterocycles. The zero-order valence-corrected chi connectivity index (χ0v) is 11.5. The first-order valence-corrected chi connectivity index (χ1v) is 6.22. The largest absolute Gasteiger partial charge is 0.348 e. The number of benzene rings is 1. The van der Waals surface area contributed by atoms with Gasteiger partial charge in [-0.1, -0.05) is 44.2 Å². The van der Waals surface area contributed by atoms with E-state index in [-0.39, 0.29) is 24.2 Å². The Morgan fingerprint density at radius 2 is 1.72 bits per heavy atom. The van der Waals surface area contributed by atoms with Crippen LogP contribution in [0.25, 0.3) is 0 Å². The van der Waals surface area contributed by atoms with E-state index in [2.05, 4.69) is 5.32 Å². The van der Waals surface area contributed by atoms with Gasteiger partial charge in [-0.25, -0.2) is 0 Å². The standard InChI is InChI=1S/C15H21NO2/c1-11(2)13(17)10-16-14(18)15(3,4)12-8-6-5-7-9-12/h5-9,11H,10H2,1-4H3,(H,16,18). The van der Waals surface area contributed by atoms with Gasteiger partial charge in [-0.3, -0.25) is 9.59 Å². The molecule has 0 fully saturated rings. The first-order valence-electron chi connectivity index (χ1n) is 6.22. The van der Waals surface area contributed by atoms with E-state index in [1.807, 2.05) is 58.0 Å². The van der Waals surface area contributed by atoms with Crippen LogP contribution >= 0.6 is 0 Å². The SMILES string of the molecule is CC(C)C(=O)CNC(=O)C(C)(C)c1ccccc1. The van der Waals surface area contributed by atoms with Crippen molar-refractivity contribution in [3.8, 4) is 0 Å². The summed E-state index contributed by atoms with van der Waals surface area (Å²) < 4.78 is 0. The van der Waals surface area contributed by atoms with Crippen molar-refractivity contribution < 1.29 is 9.59 Å². The average molecular weight is 247 g/mol. The molecule has 0 spiro atoms. The molecule has 1 N–H and O–H groups in total. The predicted molar refractivity (Wildman–Crippen MR) is 72.3 cm³/mol. The molecule has 18 heavy (non-hydrogen) atoms. The Hall–Kier alpha value is -1.64. The van der Waals surface area contributed by atoms with Crippen molar-refractivity contribution >= 4 is 11.7 Å². The van der Waals surface area contributed by atoms with Crippen molar-refractivity contribution in [1.82, 2.24) is 5.32 Å². The molecule has 0 unspecified atom stereocenters. The summed E-state index contributed by atoms with van der Waals surface area (Å²) in [6.07, 6.45) is 0. The lowest BCUT2D eigenvalue weighted by Crippen LogP contribution is -2.42. The minimum absolute atomic E-state index is 0.0483. The lowest BCUT2D eigenvalue weighted by Gasteiger charge is -2.24. The van der Waals surface area contributed by atoms with Gasteiger partial charge in [0, 0.05) is 5.92 Å². The lowest BCUT2D eigenvalue weighted by atomic mass is 9.83. The molecule has 0 aliphatic carbocycles. The van der Waals surface area contributed by atoms with Crippen molar-refractivity contribution in [2.24, 2.45) is 5.92 Å². The van der Waals surface area contributed by atoms with E-state index in [0.29, 0.717) is 0 Å². The molecular weight excluding hydrogens is 226 g/mol. The number of rotatable bonds is 5. The summed E-state index contributed by atoms with van der Waals surface area (Å²) >= 11 is 0. The van der Waals surface area contributed by atoms with Crippen LogP contribution in [0, 0.1) is 5.92 Å². The highest BCUT2D eigenvalue weighted by atomic mass is 16.2. The molecule has 0 heterocycles. The first-order chi connectivity index (χ1) is 8.35. The first kappa shape index (κ1) is 14.4. The van der Waals surface area contributed by atoms with Crippen LogP contribution < -0.4 is 5.32 Å². The number of hydrogen-bond acceptors (Lipinski definition) is 2. The molecule has 1 rings (SSSR count). The van der Waals surface area contributed by atoms with Gasteiger partial charge >= 0.3 is 0 Å². The number of Topliss-reactive ketones (excluding diaryl/α,β-unsaturated/α-hetero) is 1. The van der Waals surface area contributed by atoms with E-state index in [4.69, 9.17) is 0 Å². The Morgan fingerprint density at radius 1 is 1.17 bits per heavy atom. The Balaban J connectivity index is 2.69. The van der Waals surface area contributed by atoms with Crippen LogP contribution in [0.5, 0.6) is 0 Å². The van der Waals surface area contributed by atoms with Crippen LogP contribution in [0.2, 0.25) is 0 Å². The van der Waals surface area contributed by atoms with Crippen LogP contribution in [0.3, 0.4) is 0 Å². The summed E-state index contributed by atoms with van der Waals surface area (Å²) in [7, 11) is 0. The van der Waals surface area contributed by atoms with Crippen LogP contribution in [-0.2, 0) is 15.0 Å². The second kappa shape index (κ2) is 5.80. The minimum Gasteiger partial charge on any atom is -0.348 e. The zero-order valence-electron chi connectivity index (χ0n) is 11.5. The van der Waals surface area contributed by atoms with Crippen molar-refractivity contribution in [3.05, 3.63) is 35.9 Å². The molecule has 1 aromatic carbocycles. The molecule has 0 radical (unpaired) electrons. The second-order valence-electron chi connectivity index (χ2n) is 5.29. The molecule has 0 aromatic heterocycles. The van der Waals surface area contributed by atoms with E-state index >= 15 is 0 Å². The fourth-order valence-electron chi connectivity index (χ4n) is 1.58. The Kier molecular flexibility index (Phi) is 4.65. The summed E-state index contributed by atoms with van der Waals surface area (Å²) in [6, 6.07) is 9.57. The second-order valence-corrected chi connectivity index (χ2v) is 5.29. The van der Waals surface area contributed by atoms with Gasteiger partial charge in [0.05, 0.1) is 12.0 Å². The van der Waals surface area contributed by atoms with E-state index in [1.165, 1.54) is 0 Å². The Bertz CT molecular complexity index is 421. The van der Waals surface area contributed by atoms with Crippen molar-refractivity contribution in [3.63, 3.8) is 0 Å². The highest BCUT2D eigenvalue weighted by Crippen LogP contribution is 2.22. The third-order valence-electron chi connectivity index (χ3n) is 3.13. The molecule has 98 valence electrons. The third kappa shape index (κ3) is 3.42. The van der Waals surface area contributed by atoms with Crippen molar-refractivity contribution in [2.75, 3.05) is 6.54 Å². The smallest absolute Gasteiger partial charge is 0.230 e. The number of ketones is 1. The molecule has 0 atom stereocenters. The van der Waals surface area contributed by atoms with Gasteiger partial charge in [0.1, 0.15) is 0 Å². The predicted octanol–water partition coefficient (Wildman–Crippen LogP) is 2.31. The van der Waals surface area contributed by atoms with Crippen molar-refractivity contribution in [1.29, 1.82) is 0 Å². The number of nitrogens with one attached hydrogen (secondary N) is 1. The maximum Gasteiger partial charge on any atom is 0.230 e. The molecule has 0 bridgehead atoms. The number of amides is 1. The molecule has 3 nitrogen and oxygen atoms in total. The lowest BCUT2D eigenvalue weighted by molar-refractivity contribution is -0.129. The topological polar surface area (TPSA) is 46.2 Å². The molecule has 0 aliphatic heterocycles. The van der Waals surface area contributed by atoms with Crippen LogP contribution in [0.4, 0.5) is 0 Å². The van der Waals surface area contributed by atoms with Crippen LogP contribution in [0.15, 0.2) is 30.3 Å². The van der Waals surface area contributed by atoms with Gasteiger partial charge in [-0.05, 0) is 19.4 Å². The number of carbonyl (C=O) groups is 2. The summed E-state index contributed by atoms with van der Waals surface area (Å²) in [5, 5.41) is 2.71. The van der Waals surface area contributed by atoms with E-state index in [1.54, 1.807) is 0 Å². The number of hydrogen-bond donors (Lipinski definition) is 1. The van der Waals surface area contributed by atoms with Gasteiger partial charge in [0.25, 0.3) is 0 Å². The molecule has 1 amide bonds. The van der Waals surface area contributed by atoms with E-state index < -0.39 is 5.41 Å². The highest BCUT2D eigenvalue weighted by Gasteiger charge is 2.29. The Morgan fingerprint density at radius 3 is 2.22 bits per heavy atom. The fraction of sp³-hybridized carbons (Fsp3) is 0.467. The maximum atomic E-state index is 12.1. The van der Waals surface area contributed by atoms with Gasteiger partial charge in [0.2, 0.25) is 5.91 Å².